The third-order valence-electron chi connectivity index (χ3n) is 2.24. The van der Waals surface area contributed by atoms with Crippen molar-refractivity contribution in [2.24, 2.45) is 0 Å². The van der Waals surface area contributed by atoms with Crippen molar-refractivity contribution in [1.82, 2.24) is 0 Å². The summed E-state index contributed by atoms with van der Waals surface area (Å²) in [5.74, 6) is -0.0754. The van der Waals surface area contributed by atoms with Crippen LogP contribution in [-0.2, 0) is 10.1 Å². The smallest absolute Gasteiger partial charge is 0.294 e. The van der Waals surface area contributed by atoms with E-state index in [0.717, 1.165) is 6.07 Å². The van der Waals surface area contributed by atoms with Crippen molar-refractivity contribution >= 4 is 10.1 Å². The number of pyridine rings is 1. The lowest BCUT2D eigenvalue weighted by atomic mass is 10.3. The molecule has 0 saturated heterocycles. The van der Waals surface area contributed by atoms with Gasteiger partial charge in [0, 0.05) is 18.2 Å². The number of benzene rings is 1. The van der Waals surface area contributed by atoms with Gasteiger partial charge in [-0.15, -0.1) is 0 Å². The highest BCUT2D eigenvalue weighted by Crippen LogP contribution is 2.20. The Balaban J connectivity index is 2.63. The van der Waals surface area contributed by atoms with Crippen molar-refractivity contribution in [1.29, 1.82) is 0 Å². The zero-order valence-corrected chi connectivity index (χ0v) is 9.50. The van der Waals surface area contributed by atoms with Crippen LogP contribution in [0.4, 0.5) is 0 Å². The van der Waals surface area contributed by atoms with Gasteiger partial charge in [-0.05, 0) is 12.1 Å². The first-order valence-electron chi connectivity index (χ1n) is 4.76. The van der Waals surface area contributed by atoms with Crippen molar-refractivity contribution in [3.8, 4) is 11.4 Å². The Bertz CT molecular complexity index is 638. The molecule has 1 aromatic heterocycles. The zero-order valence-electron chi connectivity index (χ0n) is 8.69. The molecule has 0 saturated carbocycles. The van der Waals surface area contributed by atoms with Crippen LogP contribution in [-0.4, -0.2) is 18.1 Å². The number of phenolic OH excluding ortho intramolecular Hbond substituents is 1. The average Bonchev–Trinajstić information content (AvgIpc) is 2.29. The summed E-state index contributed by atoms with van der Waals surface area (Å²) in [6, 6.07) is 8.82. The zero-order chi connectivity index (χ0) is 12.5. The fourth-order valence-corrected chi connectivity index (χ4v) is 1.93. The Morgan fingerprint density at radius 3 is 2.29 bits per heavy atom. The van der Waals surface area contributed by atoms with Gasteiger partial charge in [0.05, 0.1) is 0 Å². The largest absolute Gasteiger partial charge is 0.502 e. The number of phenols is 1. The van der Waals surface area contributed by atoms with E-state index in [1.54, 1.807) is 35.2 Å². The number of nitrogens with zero attached hydrogens (tertiary/aromatic N) is 1. The van der Waals surface area contributed by atoms with Gasteiger partial charge in [0.2, 0.25) is 0 Å². The predicted molar refractivity (Wildman–Crippen MR) is 59.5 cm³/mol. The minimum Gasteiger partial charge on any atom is -0.502 e. The third-order valence-corrected chi connectivity index (χ3v) is 3.09. The molecule has 2 aromatic rings. The van der Waals surface area contributed by atoms with Gasteiger partial charge in [0.25, 0.3) is 15.8 Å². The van der Waals surface area contributed by atoms with Crippen LogP contribution in [0.3, 0.4) is 0 Å². The van der Waals surface area contributed by atoms with E-state index in [0.29, 0.717) is 0 Å². The summed E-state index contributed by atoms with van der Waals surface area (Å²) in [6.07, 6.45) is 3.31. The normalized spacial score (nSPS) is 11.4. The monoisotopic (exact) mass is 252 g/mol. The molecule has 2 rings (SSSR count). The molecule has 2 N–H and O–H groups in total. The van der Waals surface area contributed by atoms with E-state index >= 15 is 0 Å². The van der Waals surface area contributed by atoms with E-state index in [1.807, 2.05) is 0 Å². The van der Waals surface area contributed by atoms with Crippen LogP contribution in [0.15, 0.2) is 53.7 Å². The van der Waals surface area contributed by atoms with Crippen LogP contribution >= 0.6 is 0 Å². The van der Waals surface area contributed by atoms with E-state index in [4.69, 9.17) is 4.55 Å². The quantitative estimate of drug-likeness (QED) is 0.615. The first-order valence-corrected chi connectivity index (χ1v) is 6.20. The molecule has 1 aromatic carbocycles. The van der Waals surface area contributed by atoms with Gasteiger partial charge in [-0.1, -0.05) is 6.07 Å². The minimum absolute atomic E-state index is 0.0754. The highest BCUT2D eigenvalue weighted by molar-refractivity contribution is 7.85. The lowest BCUT2D eigenvalue weighted by molar-refractivity contribution is -0.596. The molecule has 0 radical (unpaired) electrons. The Morgan fingerprint density at radius 1 is 1.06 bits per heavy atom. The van der Waals surface area contributed by atoms with Crippen LogP contribution in [0.2, 0.25) is 0 Å². The van der Waals surface area contributed by atoms with Gasteiger partial charge >= 0.3 is 0 Å². The summed E-state index contributed by atoms with van der Waals surface area (Å²) in [4.78, 5) is -0.262. The first-order chi connectivity index (χ1) is 7.98. The van der Waals surface area contributed by atoms with Crippen LogP contribution in [0.5, 0.6) is 5.75 Å². The molecule has 88 valence electrons. The molecule has 5 nitrogen and oxygen atoms in total. The number of rotatable bonds is 2. The highest BCUT2D eigenvalue weighted by atomic mass is 32.2. The van der Waals surface area contributed by atoms with Crippen molar-refractivity contribution in [3.05, 3.63) is 48.8 Å². The molecule has 0 aliphatic carbocycles. The summed E-state index contributed by atoms with van der Waals surface area (Å²) in [5.41, 5.74) is 0.278. The molecule has 0 fully saturated rings. The Kier molecular flexibility index (Phi) is 2.83. The lowest BCUT2D eigenvalue weighted by Gasteiger charge is -2.01. The minimum atomic E-state index is -4.27. The van der Waals surface area contributed by atoms with Gasteiger partial charge in [-0.2, -0.15) is 13.0 Å². The van der Waals surface area contributed by atoms with Crippen LogP contribution in [0.1, 0.15) is 0 Å². The first kappa shape index (κ1) is 11.6. The molecule has 6 heteroatoms. The maximum absolute atomic E-state index is 11.0. The Hall–Kier alpha value is -1.92. The van der Waals surface area contributed by atoms with Crippen molar-refractivity contribution in [2.75, 3.05) is 0 Å². The Labute approximate surface area is 98.3 Å². The molecule has 0 bridgehead atoms. The van der Waals surface area contributed by atoms with E-state index in [9.17, 15) is 13.5 Å². The van der Waals surface area contributed by atoms with Crippen LogP contribution in [0.25, 0.3) is 5.69 Å². The Morgan fingerprint density at radius 2 is 1.71 bits per heavy atom. The second-order valence-electron chi connectivity index (χ2n) is 3.41. The third kappa shape index (κ3) is 2.43. The molecular weight excluding hydrogens is 242 g/mol. The summed E-state index contributed by atoms with van der Waals surface area (Å²) in [5, 5.41) is 9.66. The number of hydrogen-bond donors (Lipinski definition) is 2. The molecule has 0 amide bonds. The number of aromatic nitrogens is 1. The summed E-state index contributed by atoms with van der Waals surface area (Å²) < 4.78 is 32.5. The van der Waals surface area contributed by atoms with E-state index in [-0.39, 0.29) is 16.3 Å². The molecule has 0 atom stereocenters. The average molecular weight is 252 g/mol. The maximum Gasteiger partial charge on any atom is 0.294 e. The van der Waals surface area contributed by atoms with Gasteiger partial charge in [-0.3, -0.25) is 4.55 Å². The van der Waals surface area contributed by atoms with Gasteiger partial charge in [-0.25, -0.2) is 0 Å². The fraction of sp³-hybridized carbons (Fsp3) is 0. The fourth-order valence-electron chi connectivity index (χ4n) is 1.43. The molecular formula is C11H10NO4S+. The highest BCUT2D eigenvalue weighted by Gasteiger charge is 2.17. The summed E-state index contributed by atoms with van der Waals surface area (Å²) in [6.45, 7) is 0. The van der Waals surface area contributed by atoms with Gasteiger partial charge in [0.1, 0.15) is 4.90 Å². The SMILES string of the molecule is O=S(=O)(O)c1ccc(O)c(-[n+]2ccccc2)c1. The standard InChI is InChI=1S/C11H9NO4S/c13-11-5-4-9(17(14,15)16)8-10(11)12-6-2-1-3-7-12/h1-8H,(H-,13,14,15,16)/p+1. The second kappa shape index (κ2) is 4.15. The molecule has 0 aliphatic heterocycles. The summed E-state index contributed by atoms with van der Waals surface area (Å²) >= 11 is 0. The molecule has 0 aliphatic rings. The van der Waals surface area contributed by atoms with Gasteiger partial charge in [0.15, 0.2) is 18.1 Å². The number of hydrogen-bond acceptors (Lipinski definition) is 3. The van der Waals surface area contributed by atoms with Crippen LogP contribution < -0.4 is 4.57 Å². The predicted octanol–water partition coefficient (Wildman–Crippen LogP) is 0.916. The lowest BCUT2D eigenvalue weighted by Crippen LogP contribution is -2.29. The van der Waals surface area contributed by atoms with Crippen molar-refractivity contribution in [3.63, 3.8) is 0 Å². The summed E-state index contributed by atoms with van der Waals surface area (Å²) in [7, 11) is -4.27. The van der Waals surface area contributed by atoms with Crippen LogP contribution in [0, 0.1) is 0 Å². The molecule has 17 heavy (non-hydrogen) atoms. The van der Waals surface area contributed by atoms with Crippen molar-refractivity contribution in [2.45, 2.75) is 4.90 Å². The molecule has 0 spiro atoms. The van der Waals surface area contributed by atoms with Crippen molar-refractivity contribution < 1.29 is 22.6 Å². The van der Waals surface area contributed by atoms with E-state index < -0.39 is 10.1 Å². The van der Waals surface area contributed by atoms with Gasteiger partial charge < -0.3 is 5.11 Å². The topological polar surface area (TPSA) is 78.5 Å². The van der Waals surface area contributed by atoms with E-state index in [1.165, 1.54) is 12.1 Å². The second-order valence-corrected chi connectivity index (χ2v) is 4.83. The van der Waals surface area contributed by atoms with E-state index in [2.05, 4.69) is 0 Å². The maximum atomic E-state index is 11.0. The molecule has 0 unspecified atom stereocenters. The number of aromatic hydroxyl groups is 1. The molecule has 1 heterocycles.